The zero-order valence-corrected chi connectivity index (χ0v) is 11.3. The Hall–Kier alpha value is -1.32. The second-order valence-corrected chi connectivity index (χ2v) is 5.30. The first kappa shape index (κ1) is 13.1. The van der Waals surface area contributed by atoms with Crippen LogP contribution in [0.15, 0.2) is 34.7 Å². The van der Waals surface area contributed by atoms with Crippen molar-refractivity contribution in [2.45, 2.75) is 38.3 Å². The van der Waals surface area contributed by atoms with Gasteiger partial charge >= 0.3 is 0 Å². The molecule has 1 atom stereocenters. The third kappa shape index (κ3) is 2.92. The second kappa shape index (κ2) is 5.12. The Balaban J connectivity index is 2.07. The van der Waals surface area contributed by atoms with Crippen molar-refractivity contribution in [3.05, 3.63) is 36.1 Å². The first-order valence-corrected chi connectivity index (χ1v) is 6.31. The summed E-state index contributed by atoms with van der Waals surface area (Å²) >= 11 is 0. The summed E-state index contributed by atoms with van der Waals surface area (Å²) in [5.41, 5.74) is 6.93. The van der Waals surface area contributed by atoms with Crippen LogP contribution in [0.25, 0.3) is 11.0 Å². The Morgan fingerprint density at radius 3 is 2.72 bits per heavy atom. The summed E-state index contributed by atoms with van der Waals surface area (Å²) in [4.78, 5) is 0. The van der Waals surface area contributed by atoms with Crippen LogP contribution in [-0.2, 0) is 4.74 Å². The fourth-order valence-electron chi connectivity index (χ4n) is 1.93. The van der Waals surface area contributed by atoms with E-state index in [0.29, 0.717) is 0 Å². The highest BCUT2D eigenvalue weighted by Crippen LogP contribution is 2.27. The minimum Gasteiger partial charge on any atom is -0.459 e. The van der Waals surface area contributed by atoms with E-state index in [9.17, 15) is 0 Å². The zero-order chi connectivity index (χ0) is 13.2. The molecule has 18 heavy (non-hydrogen) atoms. The van der Waals surface area contributed by atoms with Gasteiger partial charge in [-0.2, -0.15) is 0 Å². The van der Waals surface area contributed by atoms with E-state index in [4.69, 9.17) is 14.9 Å². The van der Waals surface area contributed by atoms with Crippen molar-refractivity contribution in [1.29, 1.82) is 0 Å². The summed E-state index contributed by atoms with van der Waals surface area (Å²) in [6.07, 6.45) is 1.75. The van der Waals surface area contributed by atoms with Crippen LogP contribution >= 0.6 is 0 Å². The van der Waals surface area contributed by atoms with Crippen LogP contribution in [0.3, 0.4) is 0 Å². The van der Waals surface area contributed by atoms with Gasteiger partial charge < -0.3 is 14.9 Å². The van der Waals surface area contributed by atoms with Gasteiger partial charge in [0.2, 0.25) is 0 Å². The Labute approximate surface area is 108 Å². The fourth-order valence-corrected chi connectivity index (χ4v) is 1.93. The smallest absolute Gasteiger partial charge is 0.134 e. The molecule has 98 valence electrons. The maximum atomic E-state index is 6.17. The molecule has 1 heterocycles. The molecule has 0 radical (unpaired) electrons. The van der Waals surface area contributed by atoms with Gasteiger partial charge in [-0.05, 0) is 38.8 Å². The van der Waals surface area contributed by atoms with Crippen molar-refractivity contribution in [2.75, 3.05) is 7.11 Å². The molecule has 0 amide bonds. The molecule has 3 nitrogen and oxygen atoms in total. The minimum absolute atomic E-state index is 0.0770. The monoisotopic (exact) mass is 247 g/mol. The molecule has 0 bridgehead atoms. The van der Waals surface area contributed by atoms with Crippen molar-refractivity contribution in [3.8, 4) is 0 Å². The molecule has 0 spiro atoms. The number of para-hydroxylation sites is 1. The highest BCUT2D eigenvalue weighted by molar-refractivity contribution is 5.77. The maximum absolute atomic E-state index is 6.17. The third-order valence-electron chi connectivity index (χ3n) is 3.42. The number of benzene rings is 1. The van der Waals surface area contributed by atoms with E-state index in [0.717, 1.165) is 29.6 Å². The number of hydrogen-bond acceptors (Lipinski definition) is 3. The van der Waals surface area contributed by atoms with Crippen molar-refractivity contribution in [3.63, 3.8) is 0 Å². The molecule has 0 saturated heterocycles. The number of hydrogen-bond donors (Lipinski definition) is 1. The summed E-state index contributed by atoms with van der Waals surface area (Å²) in [5.74, 6) is 0.850. The first-order valence-electron chi connectivity index (χ1n) is 6.31. The lowest BCUT2D eigenvalue weighted by Gasteiger charge is -2.23. The van der Waals surface area contributed by atoms with Gasteiger partial charge in [-0.25, -0.2) is 0 Å². The Morgan fingerprint density at radius 1 is 1.33 bits per heavy atom. The van der Waals surface area contributed by atoms with Crippen molar-refractivity contribution >= 4 is 11.0 Å². The SMILES string of the molecule is COC(C)(C)CCC(N)c1cc2ccccc2o1. The molecular formula is C15H21NO2. The number of rotatable bonds is 5. The highest BCUT2D eigenvalue weighted by atomic mass is 16.5. The Bertz CT molecular complexity index is 483. The molecule has 0 aliphatic heterocycles. The molecule has 2 N–H and O–H groups in total. The van der Waals surface area contributed by atoms with Gasteiger partial charge in [-0.3, -0.25) is 0 Å². The standard InChI is InChI=1S/C15H21NO2/c1-15(2,17-3)9-8-12(16)14-10-11-6-4-5-7-13(11)18-14/h4-7,10,12H,8-9,16H2,1-3H3. The molecule has 3 heteroatoms. The maximum Gasteiger partial charge on any atom is 0.134 e. The van der Waals surface area contributed by atoms with Crippen molar-refractivity contribution < 1.29 is 9.15 Å². The van der Waals surface area contributed by atoms with E-state index in [1.54, 1.807) is 7.11 Å². The van der Waals surface area contributed by atoms with E-state index in [2.05, 4.69) is 13.8 Å². The van der Waals surface area contributed by atoms with Crippen LogP contribution in [0.1, 0.15) is 38.5 Å². The number of nitrogens with two attached hydrogens (primary N) is 1. The third-order valence-corrected chi connectivity index (χ3v) is 3.42. The molecule has 0 aliphatic carbocycles. The predicted molar refractivity (Wildman–Crippen MR) is 73.5 cm³/mol. The number of methoxy groups -OCH3 is 1. The van der Waals surface area contributed by atoms with E-state index >= 15 is 0 Å². The molecule has 1 aromatic heterocycles. The molecular weight excluding hydrogens is 226 g/mol. The average molecular weight is 247 g/mol. The largest absolute Gasteiger partial charge is 0.459 e. The van der Waals surface area contributed by atoms with Gasteiger partial charge in [-0.15, -0.1) is 0 Å². The fraction of sp³-hybridized carbons (Fsp3) is 0.467. The summed E-state index contributed by atoms with van der Waals surface area (Å²) in [6, 6.07) is 9.92. The number of furan rings is 1. The molecule has 0 saturated carbocycles. The van der Waals surface area contributed by atoms with Crippen molar-refractivity contribution in [1.82, 2.24) is 0 Å². The zero-order valence-electron chi connectivity index (χ0n) is 11.3. The normalized spacial score (nSPS) is 14.0. The van der Waals surface area contributed by atoms with Crippen molar-refractivity contribution in [2.24, 2.45) is 5.73 Å². The summed E-state index contributed by atoms with van der Waals surface area (Å²) in [7, 11) is 1.73. The first-order chi connectivity index (χ1) is 8.52. The second-order valence-electron chi connectivity index (χ2n) is 5.30. The molecule has 0 fully saturated rings. The van der Waals surface area contributed by atoms with E-state index in [1.165, 1.54) is 0 Å². The van der Waals surface area contributed by atoms with Gasteiger partial charge in [0.15, 0.2) is 0 Å². The Morgan fingerprint density at radius 2 is 2.06 bits per heavy atom. The van der Waals surface area contributed by atoms with Gasteiger partial charge in [0.25, 0.3) is 0 Å². The summed E-state index contributed by atoms with van der Waals surface area (Å²) in [5, 5.41) is 1.11. The lowest BCUT2D eigenvalue weighted by molar-refractivity contribution is 0.0121. The van der Waals surface area contributed by atoms with Crippen LogP contribution in [0, 0.1) is 0 Å². The average Bonchev–Trinajstić information content (AvgIpc) is 2.80. The molecule has 2 aromatic rings. The topological polar surface area (TPSA) is 48.4 Å². The molecule has 1 unspecified atom stereocenters. The molecule has 1 aromatic carbocycles. The van der Waals surface area contributed by atoms with Crippen LogP contribution in [0.2, 0.25) is 0 Å². The van der Waals surface area contributed by atoms with E-state index < -0.39 is 0 Å². The number of fused-ring (bicyclic) bond motifs is 1. The van der Waals surface area contributed by atoms with Crippen LogP contribution in [0.5, 0.6) is 0 Å². The molecule has 2 rings (SSSR count). The van der Waals surface area contributed by atoms with E-state index in [1.807, 2.05) is 30.3 Å². The highest BCUT2D eigenvalue weighted by Gasteiger charge is 2.20. The quantitative estimate of drug-likeness (QED) is 0.877. The lowest BCUT2D eigenvalue weighted by Crippen LogP contribution is -2.24. The van der Waals surface area contributed by atoms with Gasteiger partial charge in [-0.1, -0.05) is 18.2 Å². The van der Waals surface area contributed by atoms with Gasteiger partial charge in [0.05, 0.1) is 11.6 Å². The summed E-state index contributed by atoms with van der Waals surface area (Å²) in [6.45, 7) is 4.14. The lowest BCUT2D eigenvalue weighted by atomic mass is 9.98. The van der Waals surface area contributed by atoms with Crippen LogP contribution < -0.4 is 5.73 Å². The van der Waals surface area contributed by atoms with Gasteiger partial charge in [0, 0.05) is 12.5 Å². The van der Waals surface area contributed by atoms with Crippen LogP contribution in [0.4, 0.5) is 0 Å². The predicted octanol–water partition coefficient (Wildman–Crippen LogP) is 3.64. The van der Waals surface area contributed by atoms with Gasteiger partial charge in [0.1, 0.15) is 11.3 Å². The Kier molecular flexibility index (Phi) is 3.73. The number of ether oxygens (including phenoxy) is 1. The molecule has 0 aliphatic rings. The minimum atomic E-state index is -0.135. The van der Waals surface area contributed by atoms with Crippen LogP contribution in [-0.4, -0.2) is 12.7 Å². The summed E-state index contributed by atoms with van der Waals surface area (Å²) < 4.78 is 11.2. The van der Waals surface area contributed by atoms with E-state index in [-0.39, 0.29) is 11.6 Å².